The van der Waals surface area contributed by atoms with E-state index in [-0.39, 0.29) is 11.9 Å². The molecule has 1 atom stereocenters. The highest BCUT2D eigenvalue weighted by Gasteiger charge is 2.12. The Morgan fingerprint density at radius 3 is 2.95 bits per heavy atom. The first-order valence-corrected chi connectivity index (χ1v) is 7.41. The van der Waals surface area contributed by atoms with Crippen LogP contribution in [0.5, 0.6) is 0 Å². The number of halogens is 1. The minimum absolute atomic E-state index is 0.0287. The predicted molar refractivity (Wildman–Crippen MR) is 82.4 cm³/mol. The lowest BCUT2D eigenvalue weighted by atomic mass is 10.1. The SMILES string of the molecule is CCCc1cc(C(=O)NC(C)Cn2cccn2)cc(Cl)n1. The number of aryl methyl sites for hydroxylation is 1. The smallest absolute Gasteiger partial charge is 0.251 e. The van der Waals surface area contributed by atoms with Gasteiger partial charge in [-0.1, -0.05) is 24.9 Å². The standard InChI is InChI=1S/C15H19ClN4O/c1-3-5-13-8-12(9-14(16)19-13)15(21)18-11(2)10-20-7-4-6-17-20/h4,6-9,11H,3,5,10H2,1-2H3,(H,18,21). The lowest BCUT2D eigenvalue weighted by Gasteiger charge is -2.14. The molecule has 2 rings (SSSR count). The largest absolute Gasteiger partial charge is 0.348 e. The van der Waals surface area contributed by atoms with Crippen LogP contribution in [0.4, 0.5) is 0 Å². The first-order valence-electron chi connectivity index (χ1n) is 7.03. The Bertz CT molecular complexity index is 598. The molecule has 0 aliphatic heterocycles. The van der Waals surface area contributed by atoms with Gasteiger partial charge >= 0.3 is 0 Å². The van der Waals surface area contributed by atoms with Crippen molar-refractivity contribution < 1.29 is 4.79 Å². The summed E-state index contributed by atoms with van der Waals surface area (Å²) in [4.78, 5) is 16.5. The molecule has 1 amide bonds. The number of rotatable bonds is 6. The van der Waals surface area contributed by atoms with Gasteiger partial charge in [0.1, 0.15) is 5.15 Å². The molecule has 0 aliphatic carbocycles. The van der Waals surface area contributed by atoms with Gasteiger partial charge in [-0.25, -0.2) is 4.98 Å². The van der Waals surface area contributed by atoms with Crippen molar-refractivity contribution in [2.24, 2.45) is 0 Å². The third-order valence-electron chi connectivity index (χ3n) is 3.01. The maximum Gasteiger partial charge on any atom is 0.251 e. The fraction of sp³-hybridized carbons (Fsp3) is 0.400. The second kappa shape index (κ2) is 7.22. The van der Waals surface area contributed by atoms with Crippen molar-refractivity contribution >= 4 is 17.5 Å². The van der Waals surface area contributed by atoms with Gasteiger partial charge in [0.25, 0.3) is 5.91 Å². The molecule has 2 aromatic rings. The monoisotopic (exact) mass is 306 g/mol. The van der Waals surface area contributed by atoms with Gasteiger partial charge in [0, 0.05) is 29.7 Å². The molecule has 6 heteroatoms. The summed E-state index contributed by atoms with van der Waals surface area (Å²) in [7, 11) is 0. The Kier molecular flexibility index (Phi) is 5.33. The summed E-state index contributed by atoms with van der Waals surface area (Å²) in [6.07, 6.45) is 5.35. The number of aromatic nitrogens is 3. The zero-order valence-electron chi connectivity index (χ0n) is 12.2. The molecular formula is C15H19ClN4O. The molecular weight excluding hydrogens is 288 g/mol. The van der Waals surface area contributed by atoms with Crippen LogP contribution in [0.15, 0.2) is 30.6 Å². The second-order valence-corrected chi connectivity index (χ2v) is 5.41. The van der Waals surface area contributed by atoms with Gasteiger partial charge in [-0.15, -0.1) is 0 Å². The molecule has 2 aromatic heterocycles. The van der Waals surface area contributed by atoms with Gasteiger partial charge in [0.05, 0.1) is 6.54 Å². The van der Waals surface area contributed by atoms with E-state index in [0.717, 1.165) is 18.5 Å². The number of amides is 1. The van der Waals surface area contributed by atoms with Crippen LogP contribution in [0, 0.1) is 0 Å². The molecule has 0 bridgehead atoms. The second-order valence-electron chi connectivity index (χ2n) is 5.02. The van der Waals surface area contributed by atoms with E-state index in [1.807, 2.05) is 19.2 Å². The molecule has 0 spiro atoms. The number of nitrogens with one attached hydrogen (secondary N) is 1. The van der Waals surface area contributed by atoms with Gasteiger partial charge in [-0.05, 0) is 31.5 Å². The van der Waals surface area contributed by atoms with Crippen molar-refractivity contribution in [3.8, 4) is 0 Å². The predicted octanol–water partition coefficient (Wildman–Crippen LogP) is 2.70. The van der Waals surface area contributed by atoms with Crippen molar-refractivity contribution in [3.05, 3.63) is 47.0 Å². The molecule has 1 unspecified atom stereocenters. The number of pyridine rings is 1. The number of carbonyl (C=O) groups excluding carboxylic acids is 1. The molecule has 112 valence electrons. The molecule has 0 saturated carbocycles. The van der Waals surface area contributed by atoms with Gasteiger partial charge in [0.2, 0.25) is 0 Å². The van der Waals surface area contributed by atoms with Crippen LogP contribution in [0.2, 0.25) is 5.15 Å². The van der Waals surface area contributed by atoms with Crippen molar-refractivity contribution in [1.82, 2.24) is 20.1 Å². The van der Waals surface area contributed by atoms with Crippen LogP contribution in [0.3, 0.4) is 0 Å². The third-order valence-corrected chi connectivity index (χ3v) is 3.21. The zero-order chi connectivity index (χ0) is 15.2. The van der Waals surface area contributed by atoms with E-state index >= 15 is 0 Å². The molecule has 21 heavy (non-hydrogen) atoms. The van der Waals surface area contributed by atoms with E-state index < -0.39 is 0 Å². The quantitative estimate of drug-likeness (QED) is 0.835. The Morgan fingerprint density at radius 2 is 2.29 bits per heavy atom. The Balaban J connectivity index is 2.02. The average molecular weight is 307 g/mol. The van der Waals surface area contributed by atoms with Crippen molar-refractivity contribution in [2.75, 3.05) is 0 Å². The van der Waals surface area contributed by atoms with Crippen LogP contribution < -0.4 is 5.32 Å². The minimum Gasteiger partial charge on any atom is -0.348 e. The highest BCUT2D eigenvalue weighted by atomic mass is 35.5. The Morgan fingerprint density at radius 1 is 1.48 bits per heavy atom. The summed E-state index contributed by atoms with van der Waals surface area (Å²) in [5.41, 5.74) is 1.39. The molecule has 0 radical (unpaired) electrons. The van der Waals surface area contributed by atoms with Crippen LogP contribution in [0.25, 0.3) is 0 Å². The van der Waals surface area contributed by atoms with E-state index in [1.54, 1.807) is 23.0 Å². The zero-order valence-corrected chi connectivity index (χ0v) is 13.0. The summed E-state index contributed by atoms with van der Waals surface area (Å²) in [6.45, 7) is 4.63. The fourth-order valence-electron chi connectivity index (χ4n) is 2.11. The molecule has 0 aromatic carbocycles. The van der Waals surface area contributed by atoms with E-state index in [0.29, 0.717) is 17.3 Å². The highest BCUT2D eigenvalue weighted by Crippen LogP contribution is 2.12. The summed E-state index contributed by atoms with van der Waals surface area (Å²) in [5, 5.41) is 7.42. The number of hydrogen-bond donors (Lipinski definition) is 1. The first-order chi connectivity index (χ1) is 10.1. The number of nitrogens with zero attached hydrogens (tertiary/aromatic N) is 3. The third kappa shape index (κ3) is 4.56. The van der Waals surface area contributed by atoms with Gasteiger partial charge < -0.3 is 5.32 Å². The van der Waals surface area contributed by atoms with Crippen LogP contribution in [0.1, 0.15) is 36.3 Å². The minimum atomic E-state index is -0.142. The summed E-state index contributed by atoms with van der Waals surface area (Å²) >= 11 is 5.98. The molecule has 2 heterocycles. The Labute approximate surface area is 129 Å². The molecule has 0 saturated heterocycles. The maximum absolute atomic E-state index is 12.3. The van der Waals surface area contributed by atoms with Crippen LogP contribution in [-0.2, 0) is 13.0 Å². The highest BCUT2D eigenvalue weighted by molar-refractivity contribution is 6.29. The summed E-state index contributed by atoms with van der Waals surface area (Å²) in [5.74, 6) is -0.142. The topological polar surface area (TPSA) is 59.8 Å². The van der Waals surface area contributed by atoms with Crippen molar-refractivity contribution in [2.45, 2.75) is 39.3 Å². The molecule has 5 nitrogen and oxygen atoms in total. The number of carbonyl (C=O) groups is 1. The summed E-state index contributed by atoms with van der Waals surface area (Å²) < 4.78 is 1.78. The van der Waals surface area contributed by atoms with Crippen LogP contribution in [-0.4, -0.2) is 26.7 Å². The Hall–Kier alpha value is -1.88. The van der Waals surface area contributed by atoms with Gasteiger partial charge in [0.15, 0.2) is 0 Å². The van der Waals surface area contributed by atoms with E-state index in [4.69, 9.17) is 11.6 Å². The van der Waals surface area contributed by atoms with Crippen LogP contribution >= 0.6 is 11.6 Å². The van der Waals surface area contributed by atoms with E-state index in [9.17, 15) is 4.79 Å². The fourth-order valence-corrected chi connectivity index (χ4v) is 2.33. The van der Waals surface area contributed by atoms with E-state index in [2.05, 4.69) is 22.3 Å². The van der Waals surface area contributed by atoms with Gasteiger partial charge in [-0.2, -0.15) is 5.10 Å². The van der Waals surface area contributed by atoms with Crippen molar-refractivity contribution in [3.63, 3.8) is 0 Å². The lowest BCUT2D eigenvalue weighted by Crippen LogP contribution is -2.35. The van der Waals surface area contributed by atoms with Crippen molar-refractivity contribution in [1.29, 1.82) is 0 Å². The molecule has 0 aliphatic rings. The normalized spacial score (nSPS) is 12.1. The molecule has 0 fully saturated rings. The lowest BCUT2D eigenvalue weighted by molar-refractivity contribution is 0.0935. The summed E-state index contributed by atoms with van der Waals surface area (Å²) in [6, 6.07) is 5.22. The molecule has 1 N–H and O–H groups in total. The number of hydrogen-bond acceptors (Lipinski definition) is 3. The first kappa shape index (κ1) is 15.5. The van der Waals surface area contributed by atoms with E-state index in [1.165, 1.54) is 0 Å². The average Bonchev–Trinajstić information content (AvgIpc) is 2.91. The van der Waals surface area contributed by atoms with Gasteiger partial charge in [-0.3, -0.25) is 9.48 Å². The maximum atomic E-state index is 12.3.